The zero-order valence-electron chi connectivity index (χ0n) is 13.9. The lowest BCUT2D eigenvalue weighted by molar-refractivity contribution is 0.415. The van der Waals surface area contributed by atoms with Crippen LogP contribution in [0, 0.1) is 0 Å². The minimum atomic E-state index is 0.124. The van der Waals surface area contributed by atoms with Crippen molar-refractivity contribution in [3.8, 4) is 11.6 Å². The van der Waals surface area contributed by atoms with E-state index >= 15 is 0 Å². The van der Waals surface area contributed by atoms with Gasteiger partial charge < -0.3 is 19.8 Å². The fraction of sp³-hybridized carbons (Fsp3) is 0.150. The largest absolute Gasteiger partial charge is 0.497 e. The molecule has 2 aromatic carbocycles. The van der Waals surface area contributed by atoms with Gasteiger partial charge in [0.2, 0.25) is 0 Å². The molecule has 3 N–H and O–H groups in total. The van der Waals surface area contributed by atoms with Crippen molar-refractivity contribution >= 4 is 28.0 Å². The van der Waals surface area contributed by atoms with Crippen LogP contribution >= 0.6 is 0 Å². The molecule has 0 aliphatic carbocycles. The summed E-state index contributed by atoms with van der Waals surface area (Å²) >= 11 is 0. The van der Waals surface area contributed by atoms with Gasteiger partial charge in [0, 0.05) is 40.8 Å². The average molecular weight is 333 g/mol. The third-order valence-corrected chi connectivity index (χ3v) is 4.43. The van der Waals surface area contributed by atoms with Gasteiger partial charge in [-0.1, -0.05) is 18.2 Å². The van der Waals surface area contributed by atoms with Crippen molar-refractivity contribution < 1.29 is 9.84 Å². The third kappa shape index (κ3) is 2.85. The van der Waals surface area contributed by atoms with Gasteiger partial charge in [-0.2, -0.15) is 0 Å². The number of rotatable bonds is 5. The number of aromatic hydroxyl groups is 1. The number of aromatic amines is 2. The molecule has 4 aromatic rings. The Morgan fingerprint density at radius 3 is 2.88 bits per heavy atom. The highest BCUT2D eigenvalue weighted by Crippen LogP contribution is 2.29. The summed E-state index contributed by atoms with van der Waals surface area (Å²) in [7, 11) is 1.63. The summed E-state index contributed by atoms with van der Waals surface area (Å²) in [6, 6.07) is 13.9. The number of benzene rings is 2. The maximum absolute atomic E-state index is 10.1. The maximum Gasteiger partial charge on any atom is 0.198 e. The Labute approximate surface area is 145 Å². The average Bonchev–Trinajstić information content (AvgIpc) is 3.19. The van der Waals surface area contributed by atoms with Crippen molar-refractivity contribution in [3.05, 3.63) is 59.8 Å². The second-order valence-electron chi connectivity index (χ2n) is 5.94. The molecule has 0 unspecified atom stereocenters. The SMILES string of the molecule is COc1ccc2[nH]c(O)c(C=NCCc3c[nH]c4ccccc34)c2c1. The second-order valence-corrected chi connectivity index (χ2v) is 5.94. The number of aromatic nitrogens is 2. The molecule has 5 heteroatoms. The van der Waals surface area contributed by atoms with Gasteiger partial charge in [-0.3, -0.25) is 4.99 Å². The van der Waals surface area contributed by atoms with Crippen molar-refractivity contribution in [2.75, 3.05) is 13.7 Å². The molecule has 0 aliphatic rings. The van der Waals surface area contributed by atoms with Crippen LogP contribution in [0.4, 0.5) is 0 Å². The number of para-hydroxylation sites is 1. The van der Waals surface area contributed by atoms with Crippen molar-refractivity contribution in [2.45, 2.75) is 6.42 Å². The predicted molar refractivity (Wildman–Crippen MR) is 101 cm³/mol. The summed E-state index contributed by atoms with van der Waals surface area (Å²) < 4.78 is 5.26. The Hall–Kier alpha value is -3.21. The maximum atomic E-state index is 10.1. The number of nitrogens with one attached hydrogen (secondary N) is 2. The number of hydrogen-bond donors (Lipinski definition) is 3. The molecule has 0 saturated heterocycles. The zero-order chi connectivity index (χ0) is 17.2. The lowest BCUT2D eigenvalue weighted by atomic mass is 10.1. The number of nitrogens with zero attached hydrogens (tertiary/aromatic N) is 1. The predicted octanol–water partition coefficient (Wildman–Crippen LogP) is 4.03. The van der Waals surface area contributed by atoms with Crippen LogP contribution in [0.3, 0.4) is 0 Å². The van der Waals surface area contributed by atoms with Crippen molar-refractivity contribution in [1.82, 2.24) is 9.97 Å². The third-order valence-electron chi connectivity index (χ3n) is 4.43. The summed E-state index contributed by atoms with van der Waals surface area (Å²) in [4.78, 5) is 10.7. The van der Waals surface area contributed by atoms with E-state index in [-0.39, 0.29) is 5.88 Å². The molecule has 0 saturated carbocycles. The molecule has 0 bridgehead atoms. The number of fused-ring (bicyclic) bond motifs is 2. The van der Waals surface area contributed by atoms with Crippen molar-refractivity contribution in [1.29, 1.82) is 0 Å². The molecule has 0 fully saturated rings. The van der Waals surface area contributed by atoms with Crippen LogP contribution in [0.15, 0.2) is 53.7 Å². The lowest BCUT2D eigenvalue weighted by Crippen LogP contribution is -1.90. The van der Waals surface area contributed by atoms with Gasteiger partial charge in [0.15, 0.2) is 5.88 Å². The smallest absolute Gasteiger partial charge is 0.198 e. The van der Waals surface area contributed by atoms with Gasteiger partial charge in [-0.25, -0.2) is 0 Å². The molecule has 126 valence electrons. The minimum absolute atomic E-state index is 0.124. The van der Waals surface area contributed by atoms with Crippen LogP contribution in [0.5, 0.6) is 11.6 Å². The van der Waals surface area contributed by atoms with E-state index in [0.29, 0.717) is 12.1 Å². The molecule has 4 rings (SSSR count). The molecule has 5 nitrogen and oxygen atoms in total. The molecule has 25 heavy (non-hydrogen) atoms. The Bertz CT molecular complexity index is 1060. The number of methoxy groups -OCH3 is 1. The number of H-pyrrole nitrogens is 2. The zero-order valence-corrected chi connectivity index (χ0v) is 13.9. The minimum Gasteiger partial charge on any atom is -0.497 e. The molecule has 0 amide bonds. The quantitative estimate of drug-likeness (QED) is 0.483. The molecular weight excluding hydrogens is 314 g/mol. The number of aliphatic imine (C=N–C) groups is 1. The number of hydrogen-bond acceptors (Lipinski definition) is 3. The highest BCUT2D eigenvalue weighted by atomic mass is 16.5. The summed E-state index contributed by atoms with van der Waals surface area (Å²) in [5.41, 5.74) is 3.93. The van der Waals surface area contributed by atoms with Gasteiger partial charge in [0.25, 0.3) is 0 Å². The van der Waals surface area contributed by atoms with E-state index in [4.69, 9.17) is 4.74 Å². The van der Waals surface area contributed by atoms with E-state index in [2.05, 4.69) is 27.1 Å². The molecule has 0 atom stereocenters. The van der Waals surface area contributed by atoms with Crippen LogP contribution in [-0.4, -0.2) is 34.9 Å². The summed E-state index contributed by atoms with van der Waals surface area (Å²) in [6.07, 6.45) is 4.60. The molecule has 0 radical (unpaired) electrons. The summed E-state index contributed by atoms with van der Waals surface area (Å²) in [5, 5.41) is 12.3. The monoisotopic (exact) mass is 333 g/mol. The van der Waals surface area contributed by atoms with Gasteiger partial charge in [0.05, 0.1) is 12.7 Å². The molecule has 2 heterocycles. The van der Waals surface area contributed by atoms with E-state index < -0.39 is 0 Å². The first-order chi connectivity index (χ1) is 12.3. The van der Waals surface area contributed by atoms with Crippen LogP contribution < -0.4 is 4.74 Å². The van der Waals surface area contributed by atoms with Gasteiger partial charge in [-0.05, 0) is 36.2 Å². The van der Waals surface area contributed by atoms with Gasteiger partial charge >= 0.3 is 0 Å². The molecular formula is C20H19N3O2. The van der Waals surface area contributed by atoms with Crippen LogP contribution in [0.25, 0.3) is 21.8 Å². The van der Waals surface area contributed by atoms with E-state index in [1.807, 2.05) is 36.5 Å². The fourth-order valence-electron chi connectivity index (χ4n) is 3.11. The van der Waals surface area contributed by atoms with E-state index in [1.54, 1.807) is 13.3 Å². The highest BCUT2D eigenvalue weighted by molar-refractivity contribution is 6.02. The first-order valence-corrected chi connectivity index (χ1v) is 8.20. The van der Waals surface area contributed by atoms with Gasteiger partial charge in [0.1, 0.15) is 5.75 Å². The van der Waals surface area contributed by atoms with Crippen LogP contribution in [0.1, 0.15) is 11.1 Å². The second kappa shape index (κ2) is 6.36. The summed E-state index contributed by atoms with van der Waals surface area (Å²) in [5.74, 6) is 0.874. The Morgan fingerprint density at radius 2 is 2.00 bits per heavy atom. The Morgan fingerprint density at radius 1 is 1.12 bits per heavy atom. The highest BCUT2D eigenvalue weighted by Gasteiger charge is 2.09. The van der Waals surface area contributed by atoms with Crippen molar-refractivity contribution in [3.63, 3.8) is 0 Å². The van der Waals surface area contributed by atoms with E-state index in [1.165, 1.54) is 10.9 Å². The van der Waals surface area contributed by atoms with E-state index in [9.17, 15) is 5.11 Å². The van der Waals surface area contributed by atoms with Crippen LogP contribution in [-0.2, 0) is 6.42 Å². The first-order valence-electron chi connectivity index (χ1n) is 8.20. The Kier molecular flexibility index (Phi) is 3.90. The topological polar surface area (TPSA) is 73.4 Å². The normalized spacial score (nSPS) is 11.7. The summed E-state index contributed by atoms with van der Waals surface area (Å²) in [6.45, 7) is 0.651. The molecule has 2 aromatic heterocycles. The molecule has 0 spiro atoms. The Balaban J connectivity index is 1.54. The first kappa shape index (κ1) is 15.3. The molecule has 0 aliphatic heterocycles. The number of ether oxygens (including phenoxy) is 1. The lowest BCUT2D eigenvalue weighted by Gasteiger charge is -1.99. The van der Waals surface area contributed by atoms with Gasteiger partial charge in [-0.15, -0.1) is 0 Å². The van der Waals surface area contributed by atoms with Crippen LogP contribution in [0.2, 0.25) is 0 Å². The van der Waals surface area contributed by atoms with E-state index in [0.717, 1.165) is 28.6 Å². The fourth-order valence-corrected chi connectivity index (χ4v) is 3.11. The standard InChI is InChI=1S/C20H19N3O2/c1-25-14-6-7-19-16(10-14)17(20(24)23-19)12-21-9-8-13-11-22-18-5-3-2-4-15(13)18/h2-7,10-12,22-24H,8-9H2,1H3. The van der Waals surface area contributed by atoms with Crippen molar-refractivity contribution in [2.24, 2.45) is 4.99 Å².